The lowest BCUT2D eigenvalue weighted by Crippen LogP contribution is -2.46. The average Bonchev–Trinajstić information content (AvgIpc) is 2.67. The molecule has 2 N–H and O–H groups in total. The van der Waals surface area contributed by atoms with E-state index in [1.807, 2.05) is 7.05 Å². The number of para-hydroxylation sites is 1. The fraction of sp³-hybridized carbons (Fsp3) is 0.647. The van der Waals surface area contributed by atoms with Crippen LogP contribution < -0.4 is 10.2 Å². The van der Waals surface area contributed by atoms with Crippen LogP contribution in [0.1, 0.15) is 50.1 Å². The molecule has 1 aromatic rings. The number of nitrogens with zero attached hydrogens (tertiary/aromatic N) is 1. The summed E-state index contributed by atoms with van der Waals surface area (Å²) >= 11 is 0. The van der Waals surface area contributed by atoms with Gasteiger partial charge < -0.3 is 15.3 Å². The van der Waals surface area contributed by atoms with Crippen molar-refractivity contribution < 1.29 is 5.11 Å². The Morgan fingerprint density at radius 3 is 2.70 bits per heavy atom. The third kappa shape index (κ3) is 2.57. The molecule has 3 nitrogen and oxygen atoms in total. The highest BCUT2D eigenvalue weighted by atomic mass is 16.3. The maximum absolute atomic E-state index is 10.4. The summed E-state index contributed by atoms with van der Waals surface area (Å²) in [4.78, 5) is 2.48. The fourth-order valence-corrected chi connectivity index (χ4v) is 3.89. The van der Waals surface area contributed by atoms with Crippen molar-refractivity contribution in [1.29, 1.82) is 0 Å². The van der Waals surface area contributed by atoms with Crippen LogP contribution in [0.15, 0.2) is 24.3 Å². The second kappa shape index (κ2) is 6.15. The van der Waals surface area contributed by atoms with Crippen molar-refractivity contribution in [2.45, 2.75) is 56.7 Å². The Morgan fingerprint density at radius 1 is 1.10 bits per heavy atom. The van der Waals surface area contributed by atoms with Gasteiger partial charge in [-0.1, -0.05) is 31.0 Å². The number of hydrogen-bond acceptors (Lipinski definition) is 3. The van der Waals surface area contributed by atoms with Crippen molar-refractivity contribution in [3.8, 4) is 0 Å². The Balaban J connectivity index is 1.94. The number of fused-ring (bicyclic) bond motifs is 1. The molecule has 1 heterocycles. The summed E-state index contributed by atoms with van der Waals surface area (Å²) in [7, 11) is 2.05. The van der Waals surface area contributed by atoms with E-state index in [0.29, 0.717) is 12.1 Å². The Kier molecular flexibility index (Phi) is 4.27. The van der Waals surface area contributed by atoms with Crippen LogP contribution in [0.25, 0.3) is 0 Å². The van der Waals surface area contributed by atoms with Crippen LogP contribution in [0.5, 0.6) is 0 Å². The van der Waals surface area contributed by atoms with E-state index in [1.165, 1.54) is 36.9 Å². The van der Waals surface area contributed by atoms with Gasteiger partial charge in [-0.25, -0.2) is 0 Å². The lowest BCUT2D eigenvalue weighted by Gasteiger charge is -2.39. The number of benzene rings is 1. The summed E-state index contributed by atoms with van der Waals surface area (Å²) < 4.78 is 0. The van der Waals surface area contributed by atoms with E-state index < -0.39 is 0 Å². The molecule has 3 unspecified atom stereocenters. The monoisotopic (exact) mass is 274 g/mol. The van der Waals surface area contributed by atoms with Crippen LogP contribution in [0.3, 0.4) is 0 Å². The summed E-state index contributed by atoms with van der Waals surface area (Å²) in [6, 6.07) is 9.47. The number of aliphatic hydroxyl groups excluding tert-OH is 1. The van der Waals surface area contributed by atoms with Crippen LogP contribution in [-0.2, 0) is 0 Å². The molecule has 2 aliphatic rings. The lowest BCUT2D eigenvalue weighted by atomic mass is 9.90. The molecule has 3 heteroatoms. The largest absolute Gasteiger partial charge is 0.391 e. The van der Waals surface area contributed by atoms with Crippen molar-refractivity contribution in [3.05, 3.63) is 29.8 Å². The SMILES string of the molecule is CNC1CCCN(C2CCCCC2O)c2ccccc21. The van der Waals surface area contributed by atoms with Crippen molar-refractivity contribution >= 4 is 5.69 Å². The van der Waals surface area contributed by atoms with Crippen molar-refractivity contribution in [1.82, 2.24) is 5.32 Å². The molecule has 1 aliphatic carbocycles. The van der Waals surface area contributed by atoms with Gasteiger partial charge in [-0.2, -0.15) is 0 Å². The molecule has 3 rings (SSSR count). The van der Waals surface area contributed by atoms with Gasteiger partial charge in [0.15, 0.2) is 0 Å². The minimum atomic E-state index is -0.164. The highest BCUT2D eigenvalue weighted by Crippen LogP contribution is 2.36. The molecule has 0 amide bonds. The normalized spacial score (nSPS) is 30.7. The van der Waals surface area contributed by atoms with Gasteiger partial charge in [-0.3, -0.25) is 0 Å². The predicted molar refractivity (Wildman–Crippen MR) is 83.1 cm³/mol. The molecular weight excluding hydrogens is 248 g/mol. The third-order valence-electron chi connectivity index (χ3n) is 4.96. The molecule has 1 aromatic carbocycles. The molecule has 1 aliphatic heterocycles. The van der Waals surface area contributed by atoms with E-state index in [1.54, 1.807) is 0 Å². The molecule has 1 fully saturated rings. The van der Waals surface area contributed by atoms with E-state index in [2.05, 4.69) is 34.5 Å². The Hall–Kier alpha value is -1.06. The van der Waals surface area contributed by atoms with Crippen molar-refractivity contribution in [3.63, 3.8) is 0 Å². The van der Waals surface area contributed by atoms with Crippen LogP contribution in [0.2, 0.25) is 0 Å². The van der Waals surface area contributed by atoms with Gasteiger partial charge in [0, 0.05) is 18.3 Å². The van der Waals surface area contributed by atoms with E-state index in [9.17, 15) is 5.11 Å². The van der Waals surface area contributed by atoms with Crippen LogP contribution in [0, 0.1) is 0 Å². The zero-order valence-electron chi connectivity index (χ0n) is 12.4. The smallest absolute Gasteiger partial charge is 0.0743 e. The van der Waals surface area contributed by atoms with Gasteiger partial charge in [-0.15, -0.1) is 0 Å². The Bertz CT molecular complexity index is 448. The minimum absolute atomic E-state index is 0.164. The zero-order chi connectivity index (χ0) is 13.9. The molecule has 0 bridgehead atoms. The number of aliphatic hydroxyl groups is 1. The number of nitrogens with one attached hydrogen (secondary N) is 1. The van der Waals surface area contributed by atoms with E-state index in [0.717, 1.165) is 19.4 Å². The Labute approximate surface area is 122 Å². The lowest BCUT2D eigenvalue weighted by molar-refractivity contribution is 0.104. The maximum atomic E-state index is 10.4. The zero-order valence-corrected chi connectivity index (χ0v) is 12.4. The molecule has 0 spiro atoms. The number of hydrogen-bond donors (Lipinski definition) is 2. The molecular formula is C17H26N2O. The average molecular weight is 274 g/mol. The molecule has 0 radical (unpaired) electrons. The standard InChI is InChI=1S/C17H26N2O/c1-18-14-8-6-12-19(15-9-3-2-7-13(14)15)16-10-4-5-11-17(16)20/h2-3,7,9,14,16-18,20H,4-6,8,10-12H2,1H3. The highest BCUT2D eigenvalue weighted by Gasteiger charge is 2.32. The van der Waals surface area contributed by atoms with E-state index in [4.69, 9.17) is 0 Å². The van der Waals surface area contributed by atoms with Crippen molar-refractivity contribution in [2.24, 2.45) is 0 Å². The van der Waals surface area contributed by atoms with Gasteiger partial charge in [0.05, 0.1) is 12.1 Å². The summed E-state index contributed by atoms with van der Waals surface area (Å²) in [6.07, 6.45) is 6.69. The van der Waals surface area contributed by atoms with Gasteiger partial charge >= 0.3 is 0 Å². The summed E-state index contributed by atoms with van der Waals surface area (Å²) in [5, 5.41) is 13.9. The molecule has 20 heavy (non-hydrogen) atoms. The number of anilines is 1. The molecule has 0 aromatic heterocycles. The molecule has 110 valence electrons. The van der Waals surface area contributed by atoms with Crippen LogP contribution >= 0.6 is 0 Å². The summed E-state index contributed by atoms with van der Waals surface area (Å²) in [6.45, 7) is 1.07. The highest BCUT2D eigenvalue weighted by molar-refractivity contribution is 5.57. The van der Waals surface area contributed by atoms with Gasteiger partial charge in [0.2, 0.25) is 0 Å². The molecule has 3 atom stereocenters. The van der Waals surface area contributed by atoms with Crippen LogP contribution in [0.4, 0.5) is 5.69 Å². The Morgan fingerprint density at radius 2 is 1.90 bits per heavy atom. The topological polar surface area (TPSA) is 35.5 Å². The van der Waals surface area contributed by atoms with Gasteiger partial charge in [0.25, 0.3) is 0 Å². The van der Waals surface area contributed by atoms with Gasteiger partial charge in [-0.05, 0) is 44.4 Å². The van der Waals surface area contributed by atoms with Gasteiger partial charge in [0.1, 0.15) is 0 Å². The fourth-order valence-electron chi connectivity index (χ4n) is 3.89. The second-order valence-electron chi connectivity index (χ2n) is 6.15. The van der Waals surface area contributed by atoms with E-state index >= 15 is 0 Å². The number of rotatable bonds is 2. The first kappa shape index (κ1) is 13.9. The molecule has 0 saturated heterocycles. The molecule has 1 saturated carbocycles. The first-order valence-electron chi connectivity index (χ1n) is 8.02. The summed E-state index contributed by atoms with van der Waals surface area (Å²) in [5.41, 5.74) is 2.72. The van der Waals surface area contributed by atoms with E-state index in [-0.39, 0.29) is 6.10 Å². The second-order valence-corrected chi connectivity index (χ2v) is 6.15. The first-order valence-corrected chi connectivity index (χ1v) is 8.02. The third-order valence-corrected chi connectivity index (χ3v) is 4.96. The van der Waals surface area contributed by atoms with Crippen molar-refractivity contribution in [2.75, 3.05) is 18.5 Å². The predicted octanol–water partition coefficient (Wildman–Crippen LogP) is 2.85. The first-order chi connectivity index (χ1) is 9.81. The van der Waals surface area contributed by atoms with Crippen LogP contribution in [-0.4, -0.2) is 30.8 Å². The quantitative estimate of drug-likeness (QED) is 0.870. The minimum Gasteiger partial charge on any atom is -0.391 e. The summed E-state index contributed by atoms with van der Waals surface area (Å²) in [5.74, 6) is 0. The maximum Gasteiger partial charge on any atom is 0.0743 e.